The Kier molecular flexibility index (Phi) is 6.12. The van der Waals surface area contributed by atoms with Gasteiger partial charge in [-0.05, 0) is 55.5 Å². The molecule has 29 heavy (non-hydrogen) atoms. The molecule has 3 aromatic rings. The molecule has 1 aromatic heterocycles. The normalized spacial score (nSPS) is 11.4. The summed E-state index contributed by atoms with van der Waals surface area (Å²) in [5, 5.41) is 17.2. The van der Waals surface area contributed by atoms with Crippen molar-refractivity contribution in [1.29, 1.82) is 0 Å². The summed E-state index contributed by atoms with van der Waals surface area (Å²) in [5.41, 5.74) is 1.11. The van der Waals surface area contributed by atoms with E-state index in [1.165, 1.54) is 28.7 Å². The minimum atomic E-state index is -4.39. The number of thioether (sulfide) groups is 1. The number of aryl methyl sites for hydroxylation is 1. The third kappa shape index (κ3) is 5.50. The van der Waals surface area contributed by atoms with Crippen molar-refractivity contribution < 1.29 is 27.8 Å². The fourth-order valence-corrected chi connectivity index (χ4v) is 3.27. The van der Waals surface area contributed by atoms with Gasteiger partial charge in [-0.15, -0.1) is 11.8 Å². The zero-order valence-electron chi connectivity index (χ0n) is 15.2. The Hall–Kier alpha value is -3.01. The lowest BCUT2D eigenvalue weighted by Crippen LogP contribution is -2.09. The first-order chi connectivity index (χ1) is 13.7. The SMILES string of the molecule is Cc1nn(-c2ccc(C(F)(F)F)cc2)nc1CSc1ccc(OCC(=O)O)cc1. The van der Waals surface area contributed by atoms with Gasteiger partial charge in [-0.2, -0.15) is 28.2 Å². The average Bonchev–Trinajstić information content (AvgIpc) is 3.05. The number of carboxylic acid groups (broad SMARTS) is 1. The Morgan fingerprint density at radius 2 is 1.76 bits per heavy atom. The van der Waals surface area contributed by atoms with Crippen molar-refractivity contribution in [3.05, 3.63) is 65.5 Å². The summed E-state index contributed by atoms with van der Waals surface area (Å²) in [6.45, 7) is 1.38. The number of carbonyl (C=O) groups is 1. The first-order valence-corrected chi connectivity index (χ1v) is 9.39. The molecule has 0 saturated carbocycles. The molecule has 0 spiro atoms. The number of carboxylic acids is 1. The van der Waals surface area contributed by atoms with Gasteiger partial charge in [0, 0.05) is 10.6 Å². The number of aromatic nitrogens is 3. The smallest absolute Gasteiger partial charge is 0.416 e. The summed E-state index contributed by atoms with van der Waals surface area (Å²) >= 11 is 1.50. The minimum Gasteiger partial charge on any atom is -0.482 e. The lowest BCUT2D eigenvalue weighted by atomic mass is 10.2. The molecule has 3 rings (SSSR count). The van der Waals surface area contributed by atoms with Crippen molar-refractivity contribution in [2.24, 2.45) is 0 Å². The van der Waals surface area contributed by atoms with E-state index in [9.17, 15) is 18.0 Å². The summed E-state index contributed by atoms with van der Waals surface area (Å²) in [7, 11) is 0. The van der Waals surface area contributed by atoms with Gasteiger partial charge in [-0.1, -0.05) is 0 Å². The Morgan fingerprint density at radius 3 is 2.34 bits per heavy atom. The standard InChI is InChI=1S/C19H16F3N3O3S/c1-12-17(11-29-16-8-6-15(7-9-16)28-10-18(26)27)24-25(23-12)14-4-2-13(3-5-14)19(20,21)22/h2-9H,10-11H2,1H3,(H,26,27). The number of hydrogen-bond acceptors (Lipinski definition) is 5. The van der Waals surface area contributed by atoms with Crippen molar-refractivity contribution >= 4 is 17.7 Å². The van der Waals surface area contributed by atoms with E-state index in [0.29, 0.717) is 28.6 Å². The van der Waals surface area contributed by atoms with Crippen LogP contribution in [0.2, 0.25) is 0 Å². The zero-order chi connectivity index (χ0) is 21.0. The van der Waals surface area contributed by atoms with Gasteiger partial charge in [0.05, 0.1) is 22.6 Å². The lowest BCUT2D eigenvalue weighted by molar-refractivity contribution is -0.139. The van der Waals surface area contributed by atoms with Gasteiger partial charge in [-0.3, -0.25) is 0 Å². The van der Waals surface area contributed by atoms with Crippen LogP contribution in [0, 0.1) is 6.92 Å². The highest BCUT2D eigenvalue weighted by Gasteiger charge is 2.30. The molecule has 1 N–H and O–H groups in total. The van der Waals surface area contributed by atoms with Crippen LogP contribution in [-0.4, -0.2) is 32.7 Å². The van der Waals surface area contributed by atoms with E-state index in [4.69, 9.17) is 9.84 Å². The van der Waals surface area contributed by atoms with Gasteiger partial charge in [0.2, 0.25) is 0 Å². The Morgan fingerprint density at radius 1 is 1.10 bits per heavy atom. The van der Waals surface area contributed by atoms with Crippen LogP contribution in [0.15, 0.2) is 53.4 Å². The summed E-state index contributed by atoms with van der Waals surface area (Å²) in [6, 6.07) is 11.6. The maximum absolute atomic E-state index is 12.7. The lowest BCUT2D eigenvalue weighted by Gasteiger charge is -2.06. The average molecular weight is 423 g/mol. The van der Waals surface area contributed by atoms with Gasteiger partial charge in [-0.25, -0.2) is 4.79 Å². The van der Waals surface area contributed by atoms with Crippen LogP contribution in [0.3, 0.4) is 0 Å². The topological polar surface area (TPSA) is 77.2 Å². The Labute approximate surface area is 168 Å². The molecule has 0 aliphatic rings. The first kappa shape index (κ1) is 20.7. The molecule has 0 fully saturated rings. The van der Waals surface area contributed by atoms with Crippen LogP contribution in [0.5, 0.6) is 5.75 Å². The molecule has 0 amide bonds. The van der Waals surface area contributed by atoms with Crippen LogP contribution in [0.1, 0.15) is 17.0 Å². The molecule has 0 aliphatic carbocycles. The molecule has 152 valence electrons. The minimum absolute atomic E-state index is 0.404. The van der Waals surface area contributed by atoms with Gasteiger partial charge in [0.1, 0.15) is 5.75 Å². The third-order valence-electron chi connectivity index (χ3n) is 3.86. The predicted molar refractivity (Wildman–Crippen MR) is 100 cm³/mol. The monoisotopic (exact) mass is 423 g/mol. The Bertz CT molecular complexity index is 987. The molecule has 0 aliphatic heterocycles. The van der Waals surface area contributed by atoms with Crippen LogP contribution in [-0.2, 0) is 16.7 Å². The van der Waals surface area contributed by atoms with Crippen LogP contribution in [0.25, 0.3) is 5.69 Å². The second-order valence-corrected chi connectivity index (χ2v) is 7.06. The summed E-state index contributed by atoms with van der Waals surface area (Å²) in [6.07, 6.45) is -4.39. The molecule has 10 heteroatoms. The summed E-state index contributed by atoms with van der Waals surface area (Å²) in [4.78, 5) is 12.7. The molecular formula is C19H16F3N3O3S. The number of alkyl halides is 3. The van der Waals surface area contributed by atoms with E-state index in [1.807, 2.05) is 0 Å². The highest BCUT2D eigenvalue weighted by Crippen LogP contribution is 2.30. The second kappa shape index (κ2) is 8.56. The number of nitrogens with zero attached hydrogens (tertiary/aromatic N) is 3. The molecular weight excluding hydrogens is 407 g/mol. The van der Waals surface area contributed by atoms with Gasteiger partial charge in [0.15, 0.2) is 6.61 Å². The largest absolute Gasteiger partial charge is 0.482 e. The Balaban J connectivity index is 1.64. The van der Waals surface area contributed by atoms with Crippen molar-refractivity contribution in [3.8, 4) is 11.4 Å². The molecule has 0 atom stereocenters. The van der Waals surface area contributed by atoms with E-state index >= 15 is 0 Å². The molecule has 0 saturated heterocycles. The fraction of sp³-hybridized carbons (Fsp3) is 0.211. The van der Waals surface area contributed by atoms with Gasteiger partial charge >= 0.3 is 12.1 Å². The maximum atomic E-state index is 12.7. The van der Waals surface area contributed by atoms with E-state index < -0.39 is 24.3 Å². The predicted octanol–water partition coefficient (Wildman–Crippen LogP) is 4.35. The van der Waals surface area contributed by atoms with Crippen molar-refractivity contribution in [1.82, 2.24) is 15.0 Å². The van der Waals surface area contributed by atoms with Crippen LogP contribution < -0.4 is 4.74 Å². The number of rotatable bonds is 7. The number of aliphatic carboxylic acids is 1. The van der Waals surface area contributed by atoms with Crippen molar-refractivity contribution in [2.45, 2.75) is 23.7 Å². The molecule has 0 unspecified atom stereocenters. The zero-order valence-corrected chi connectivity index (χ0v) is 16.0. The fourth-order valence-electron chi connectivity index (χ4n) is 2.37. The maximum Gasteiger partial charge on any atom is 0.416 e. The number of benzene rings is 2. The van der Waals surface area contributed by atoms with Crippen molar-refractivity contribution in [3.63, 3.8) is 0 Å². The molecule has 2 aromatic carbocycles. The van der Waals surface area contributed by atoms with Crippen LogP contribution >= 0.6 is 11.8 Å². The van der Waals surface area contributed by atoms with Crippen molar-refractivity contribution in [2.75, 3.05) is 6.61 Å². The number of ether oxygens (including phenoxy) is 1. The first-order valence-electron chi connectivity index (χ1n) is 8.40. The molecule has 1 heterocycles. The van der Waals surface area contributed by atoms with Gasteiger partial charge in [0.25, 0.3) is 0 Å². The summed E-state index contributed by atoms with van der Waals surface area (Å²) < 4.78 is 43.1. The third-order valence-corrected chi connectivity index (χ3v) is 4.89. The van der Waals surface area contributed by atoms with Gasteiger partial charge < -0.3 is 9.84 Å². The second-order valence-electron chi connectivity index (χ2n) is 6.01. The molecule has 0 bridgehead atoms. The van der Waals surface area contributed by atoms with E-state index in [2.05, 4.69) is 10.2 Å². The van der Waals surface area contributed by atoms with Crippen LogP contribution in [0.4, 0.5) is 13.2 Å². The van der Waals surface area contributed by atoms with E-state index in [-0.39, 0.29) is 0 Å². The highest BCUT2D eigenvalue weighted by molar-refractivity contribution is 7.98. The number of halogens is 3. The van der Waals surface area contributed by atoms with E-state index in [1.54, 1.807) is 31.2 Å². The van der Waals surface area contributed by atoms with E-state index in [0.717, 1.165) is 17.0 Å². The number of hydrogen-bond donors (Lipinski definition) is 1. The highest BCUT2D eigenvalue weighted by atomic mass is 32.2. The quantitative estimate of drug-likeness (QED) is 0.570. The summed E-state index contributed by atoms with van der Waals surface area (Å²) in [5.74, 6) is -0.0711. The molecule has 0 radical (unpaired) electrons. The molecule has 6 nitrogen and oxygen atoms in total.